The van der Waals surface area contributed by atoms with Gasteiger partial charge in [0.25, 0.3) is 0 Å². The van der Waals surface area contributed by atoms with Gasteiger partial charge >= 0.3 is 0 Å². The van der Waals surface area contributed by atoms with Crippen molar-refractivity contribution in [3.05, 3.63) is 71.3 Å². The summed E-state index contributed by atoms with van der Waals surface area (Å²) < 4.78 is 20.5. The van der Waals surface area contributed by atoms with Crippen LogP contribution in [0.3, 0.4) is 0 Å². The van der Waals surface area contributed by atoms with Crippen LogP contribution in [-0.4, -0.2) is 28.8 Å². The molecule has 7 heteroatoms. The van der Waals surface area contributed by atoms with Gasteiger partial charge in [-0.15, -0.1) is 0 Å². The number of nitrogens with zero attached hydrogens (tertiary/aromatic N) is 4. The molecule has 0 bridgehead atoms. The summed E-state index contributed by atoms with van der Waals surface area (Å²) in [6, 6.07) is 15.4. The monoisotopic (exact) mass is 420 g/mol. The minimum Gasteiger partial charge on any atom is -0.494 e. The lowest BCUT2D eigenvalue weighted by Crippen LogP contribution is -2.33. The van der Waals surface area contributed by atoms with Crippen LogP contribution < -0.4 is 9.64 Å². The molecule has 0 spiro atoms. The van der Waals surface area contributed by atoms with E-state index >= 15 is 0 Å². The van der Waals surface area contributed by atoms with E-state index in [1.165, 1.54) is 12.1 Å². The Morgan fingerprint density at radius 3 is 2.45 bits per heavy atom. The minimum atomic E-state index is -0.316. The van der Waals surface area contributed by atoms with Gasteiger partial charge in [-0.25, -0.2) is 9.07 Å². The lowest BCUT2D eigenvalue weighted by atomic mass is 10.1. The number of carbonyl (C=O) groups excluding carboxylic acids is 1. The van der Waals surface area contributed by atoms with Gasteiger partial charge < -0.3 is 9.64 Å². The molecule has 1 amide bonds. The molecule has 3 rings (SSSR count). The van der Waals surface area contributed by atoms with E-state index in [0.717, 1.165) is 28.4 Å². The van der Waals surface area contributed by atoms with Crippen molar-refractivity contribution in [3.63, 3.8) is 0 Å². The number of carbonyl (C=O) groups is 1. The molecule has 1 heterocycles. The molecular formula is C24H25FN4O2. The van der Waals surface area contributed by atoms with Crippen molar-refractivity contribution in [3.8, 4) is 17.5 Å². The van der Waals surface area contributed by atoms with Crippen LogP contribution in [0.15, 0.2) is 48.5 Å². The number of nitriles is 1. The Morgan fingerprint density at radius 1 is 1.16 bits per heavy atom. The SMILES string of the molecule is CCOc1ccc(N(CCC#N)C(=O)Cc2c(C)nn(-c3ccc(F)cc3)c2C)cc1. The van der Waals surface area contributed by atoms with Crippen LogP contribution >= 0.6 is 0 Å². The Balaban J connectivity index is 1.86. The quantitative estimate of drug-likeness (QED) is 0.537. The van der Waals surface area contributed by atoms with Crippen LogP contribution in [0.1, 0.15) is 30.3 Å². The van der Waals surface area contributed by atoms with Crippen molar-refractivity contribution in [1.29, 1.82) is 5.26 Å². The van der Waals surface area contributed by atoms with Gasteiger partial charge in [0.05, 0.1) is 36.9 Å². The Kier molecular flexibility index (Phi) is 7.03. The number of halogens is 1. The number of anilines is 1. The van der Waals surface area contributed by atoms with E-state index < -0.39 is 0 Å². The minimum absolute atomic E-state index is 0.121. The Labute approximate surface area is 181 Å². The lowest BCUT2D eigenvalue weighted by Gasteiger charge is -2.22. The van der Waals surface area contributed by atoms with E-state index in [2.05, 4.69) is 11.2 Å². The van der Waals surface area contributed by atoms with Gasteiger partial charge in [-0.05, 0) is 69.3 Å². The molecule has 3 aromatic rings. The molecule has 0 unspecified atom stereocenters. The van der Waals surface area contributed by atoms with E-state index in [1.807, 2.05) is 45.0 Å². The van der Waals surface area contributed by atoms with Crippen LogP contribution in [0.4, 0.5) is 10.1 Å². The van der Waals surface area contributed by atoms with E-state index in [0.29, 0.717) is 18.8 Å². The first-order valence-corrected chi connectivity index (χ1v) is 10.2. The molecule has 0 aliphatic rings. The summed E-state index contributed by atoms with van der Waals surface area (Å²) >= 11 is 0. The maximum Gasteiger partial charge on any atom is 0.231 e. The summed E-state index contributed by atoms with van der Waals surface area (Å²) in [7, 11) is 0. The molecule has 1 aromatic heterocycles. The van der Waals surface area contributed by atoms with Gasteiger partial charge in [-0.2, -0.15) is 10.4 Å². The Morgan fingerprint density at radius 2 is 1.84 bits per heavy atom. The van der Waals surface area contributed by atoms with Gasteiger partial charge in [0.1, 0.15) is 11.6 Å². The number of hydrogen-bond donors (Lipinski definition) is 0. The molecule has 0 fully saturated rings. The zero-order valence-electron chi connectivity index (χ0n) is 17.9. The third-order valence-corrected chi connectivity index (χ3v) is 5.05. The summed E-state index contributed by atoms with van der Waals surface area (Å²) in [6.45, 7) is 6.52. The largest absolute Gasteiger partial charge is 0.494 e. The van der Waals surface area contributed by atoms with Crippen LogP contribution in [0.25, 0.3) is 5.69 Å². The first-order chi connectivity index (χ1) is 14.9. The number of hydrogen-bond acceptors (Lipinski definition) is 4. The zero-order chi connectivity index (χ0) is 22.4. The van der Waals surface area contributed by atoms with Crippen molar-refractivity contribution in [1.82, 2.24) is 9.78 Å². The first-order valence-electron chi connectivity index (χ1n) is 10.2. The molecule has 0 aliphatic carbocycles. The highest BCUT2D eigenvalue weighted by Gasteiger charge is 2.21. The van der Waals surface area contributed by atoms with E-state index in [4.69, 9.17) is 10.00 Å². The third kappa shape index (κ3) is 5.10. The number of benzene rings is 2. The second-order valence-corrected chi connectivity index (χ2v) is 7.09. The van der Waals surface area contributed by atoms with Crippen molar-refractivity contribution in [2.24, 2.45) is 0 Å². The third-order valence-electron chi connectivity index (χ3n) is 5.05. The molecule has 0 saturated carbocycles. The second kappa shape index (κ2) is 9.90. The van der Waals surface area contributed by atoms with Gasteiger partial charge in [-0.1, -0.05) is 0 Å². The van der Waals surface area contributed by atoms with Crippen molar-refractivity contribution >= 4 is 11.6 Å². The smallest absolute Gasteiger partial charge is 0.231 e. The van der Waals surface area contributed by atoms with Crippen LogP contribution in [-0.2, 0) is 11.2 Å². The molecule has 0 atom stereocenters. The van der Waals surface area contributed by atoms with Crippen LogP contribution in [0.2, 0.25) is 0 Å². The molecular weight excluding hydrogens is 395 g/mol. The van der Waals surface area contributed by atoms with E-state index in [1.54, 1.807) is 21.7 Å². The van der Waals surface area contributed by atoms with E-state index in [9.17, 15) is 9.18 Å². The van der Waals surface area contributed by atoms with Crippen LogP contribution in [0.5, 0.6) is 5.75 Å². The van der Waals surface area contributed by atoms with E-state index in [-0.39, 0.29) is 24.6 Å². The highest BCUT2D eigenvalue weighted by Crippen LogP contribution is 2.23. The number of rotatable bonds is 8. The van der Waals surface area contributed by atoms with Gasteiger partial charge in [0.2, 0.25) is 5.91 Å². The van der Waals surface area contributed by atoms with Crippen molar-refractivity contribution < 1.29 is 13.9 Å². The number of amides is 1. The molecule has 0 radical (unpaired) electrons. The molecule has 0 aliphatic heterocycles. The summed E-state index contributed by atoms with van der Waals surface area (Å²) in [4.78, 5) is 14.8. The summed E-state index contributed by atoms with van der Waals surface area (Å²) in [5, 5.41) is 13.6. The number of ether oxygens (including phenoxy) is 1. The Hall–Kier alpha value is -3.66. The molecule has 0 saturated heterocycles. The standard InChI is InChI=1S/C24H25FN4O2/c1-4-31-22-12-10-20(11-13-22)28(15-5-14-26)24(30)16-23-17(2)27-29(18(23)3)21-8-6-19(25)7-9-21/h6-13H,4-5,15-16H2,1-3H3. The van der Waals surface area contributed by atoms with Crippen molar-refractivity contribution in [2.45, 2.75) is 33.6 Å². The summed E-state index contributed by atoms with van der Waals surface area (Å²) in [5.41, 5.74) is 3.83. The molecule has 0 N–H and O–H groups in total. The molecule has 31 heavy (non-hydrogen) atoms. The average molecular weight is 420 g/mol. The fourth-order valence-electron chi connectivity index (χ4n) is 3.46. The fourth-order valence-corrected chi connectivity index (χ4v) is 3.46. The molecule has 6 nitrogen and oxygen atoms in total. The fraction of sp³-hybridized carbons (Fsp3) is 0.292. The first kappa shape index (κ1) is 22.0. The highest BCUT2D eigenvalue weighted by molar-refractivity contribution is 5.95. The average Bonchev–Trinajstić information content (AvgIpc) is 3.04. The van der Waals surface area contributed by atoms with Gasteiger partial charge in [-0.3, -0.25) is 4.79 Å². The molecule has 160 valence electrons. The second-order valence-electron chi connectivity index (χ2n) is 7.09. The number of aryl methyl sites for hydroxylation is 1. The van der Waals surface area contributed by atoms with Crippen molar-refractivity contribution in [2.75, 3.05) is 18.1 Å². The zero-order valence-corrected chi connectivity index (χ0v) is 17.9. The lowest BCUT2D eigenvalue weighted by molar-refractivity contribution is -0.118. The predicted molar refractivity (Wildman–Crippen MR) is 117 cm³/mol. The number of aromatic nitrogens is 2. The maximum absolute atomic E-state index is 13.3. The topological polar surface area (TPSA) is 71.2 Å². The summed E-state index contributed by atoms with van der Waals surface area (Å²) in [5.74, 6) is 0.291. The maximum atomic E-state index is 13.3. The van der Waals surface area contributed by atoms with Gasteiger partial charge in [0, 0.05) is 23.5 Å². The molecule has 2 aromatic carbocycles. The highest BCUT2D eigenvalue weighted by atomic mass is 19.1. The Bertz CT molecular complexity index is 1080. The normalized spacial score (nSPS) is 10.5. The van der Waals surface area contributed by atoms with Gasteiger partial charge in [0.15, 0.2) is 0 Å². The summed E-state index contributed by atoms with van der Waals surface area (Å²) in [6.07, 6.45) is 0.378. The van der Waals surface area contributed by atoms with Crippen LogP contribution in [0, 0.1) is 31.0 Å². The predicted octanol–water partition coefficient (Wildman–Crippen LogP) is 4.52.